The standard InChI is InChI=1S/C30H24F2N4O2/c31-22-10-6-20(7-11-22)28(21-8-12-23(32)13-9-21)26-17-35-24(18-37)15-33-30(35)29-25(27(38)16-34-36(26)29)14-19-4-2-1-3-5-19/h1-13,15-16,26,28,37H,14,17-18H2/t26-/m1/s1. The van der Waals surface area contributed by atoms with Gasteiger partial charge in [0.25, 0.3) is 0 Å². The van der Waals surface area contributed by atoms with E-state index in [0.29, 0.717) is 35.7 Å². The average Bonchev–Trinajstić information content (AvgIpc) is 3.36. The number of hydrogen-bond acceptors (Lipinski definition) is 4. The Morgan fingerprint density at radius 3 is 2.13 bits per heavy atom. The highest BCUT2D eigenvalue weighted by Crippen LogP contribution is 2.42. The van der Waals surface area contributed by atoms with Crippen molar-refractivity contribution < 1.29 is 13.9 Å². The lowest BCUT2D eigenvalue weighted by molar-refractivity contribution is 0.260. The molecule has 0 unspecified atom stereocenters. The lowest BCUT2D eigenvalue weighted by Gasteiger charge is -2.36. The van der Waals surface area contributed by atoms with E-state index < -0.39 is 0 Å². The first kappa shape index (κ1) is 23.9. The van der Waals surface area contributed by atoms with Gasteiger partial charge in [-0.3, -0.25) is 9.48 Å². The van der Waals surface area contributed by atoms with Crippen LogP contribution in [0.2, 0.25) is 0 Å². The molecule has 0 spiro atoms. The van der Waals surface area contributed by atoms with Crippen molar-refractivity contribution in [3.05, 3.63) is 141 Å². The first-order valence-electron chi connectivity index (χ1n) is 12.3. The fraction of sp³-hybridized carbons (Fsp3) is 0.167. The summed E-state index contributed by atoms with van der Waals surface area (Å²) in [6.07, 6.45) is 3.31. The Bertz CT molecular complexity index is 1600. The summed E-state index contributed by atoms with van der Waals surface area (Å²) in [6.45, 7) is 0.161. The van der Waals surface area contributed by atoms with Gasteiger partial charge < -0.3 is 9.67 Å². The molecule has 5 aromatic rings. The summed E-state index contributed by atoms with van der Waals surface area (Å²) in [4.78, 5) is 17.8. The van der Waals surface area contributed by atoms with E-state index in [4.69, 9.17) is 0 Å². The van der Waals surface area contributed by atoms with E-state index in [0.717, 1.165) is 16.7 Å². The van der Waals surface area contributed by atoms with Crippen molar-refractivity contribution in [1.82, 2.24) is 19.3 Å². The molecule has 3 aromatic carbocycles. The fourth-order valence-electron chi connectivity index (χ4n) is 5.38. The number of benzene rings is 3. The largest absolute Gasteiger partial charge is 0.390 e. The average molecular weight is 511 g/mol. The van der Waals surface area contributed by atoms with Crippen molar-refractivity contribution in [1.29, 1.82) is 0 Å². The summed E-state index contributed by atoms with van der Waals surface area (Å²) in [5, 5.41) is 14.7. The molecule has 8 heteroatoms. The van der Waals surface area contributed by atoms with Gasteiger partial charge in [0.15, 0.2) is 5.82 Å². The zero-order chi connectivity index (χ0) is 26.2. The molecule has 1 N–H and O–H groups in total. The molecule has 6 rings (SSSR count). The van der Waals surface area contributed by atoms with E-state index in [-0.39, 0.29) is 35.6 Å². The van der Waals surface area contributed by atoms with Crippen molar-refractivity contribution in [2.24, 2.45) is 0 Å². The van der Waals surface area contributed by atoms with Gasteiger partial charge in [0, 0.05) is 24.4 Å². The Morgan fingerprint density at radius 1 is 0.895 bits per heavy atom. The highest BCUT2D eigenvalue weighted by atomic mass is 19.1. The van der Waals surface area contributed by atoms with Crippen LogP contribution in [0.3, 0.4) is 0 Å². The summed E-state index contributed by atoms with van der Waals surface area (Å²) in [5.41, 5.74) is 4.11. The number of aromatic nitrogens is 4. The second-order valence-electron chi connectivity index (χ2n) is 9.43. The minimum absolute atomic E-state index is 0.207. The van der Waals surface area contributed by atoms with E-state index in [1.54, 1.807) is 30.5 Å². The summed E-state index contributed by atoms with van der Waals surface area (Å²) in [6, 6.07) is 21.8. The zero-order valence-electron chi connectivity index (χ0n) is 20.3. The highest BCUT2D eigenvalue weighted by molar-refractivity contribution is 5.59. The molecule has 0 radical (unpaired) electrons. The fourth-order valence-corrected chi connectivity index (χ4v) is 5.38. The number of aliphatic hydroxyl groups excluding tert-OH is 1. The molecule has 0 saturated heterocycles. The Labute approximate surface area is 217 Å². The number of rotatable bonds is 6. The SMILES string of the molecule is O=c1cnn2c(c1Cc1ccccc1)-c1ncc(CO)n1C[C@@H]2C(c1ccc(F)cc1)c1ccc(F)cc1. The summed E-state index contributed by atoms with van der Waals surface area (Å²) in [7, 11) is 0. The second-order valence-corrected chi connectivity index (χ2v) is 9.43. The van der Waals surface area contributed by atoms with Crippen LogP contribution < -0.4 is 5.43 Å². The van der Waals surface area contributed by atoms with Crippen molar-refractivity contribution in [3.63, 3.8) is 0 Å². The normalized spacial score (nSPS) is 14.4. The Balaban J connectivity index is 1.59. The number of nitrogens with zero attached hydrogens (tertiary/aromatic N) is 4. The predicted molar refractivity (Wildman–Crippen MR) is 139 cm³/mol. The van der Waals surface area contributed by atoms with E-state index in [1.165, 1.54) is 30.5 Å². The van der Waals surface area contributed by atoms with Gasteiger partial charge in [0.1, 0.15) is 17.3 Å². The van der Waals surface area contributed by atoms with Crippen LogP contribution >= 0.6 is 0 Å². The highest BCUT2D eigenvalue weighted by Gasteiger charge is 2.36. The molecule has 0 amide bonds. The third-order valence-electron chi connectivity index (χ3n) is 7.17. The lowest BCUT2D eigenvalue weighted by Crippen LogP contribution is -2.34. The van der Waals surface area contributed by atoms with E-state index in [1.807, 2.05) is 39.6 Å². The minimum Gasteiger partial charge on any atom is -0.390 e. The predicted octanol–water partition coefficient (Wildman–Crippen LogP) is 4.85. The molecule has 6 nitrogen and oxygen atoms in total. The van der Waals surface area contributed by atoms with E-state index >= 15 is 0 Å². The first-order chi connectivity index (χ1) is 18.5. The summed E-state index contributed by atoms with van der Waals surface area (Å²) < 4.78 is 31.5. The van der Waals surface area contributed by atoms with Crippen LogP contribution in [0, 0.1) is 11.6 Å². The van der Waals surface area contributed by atoms with E-state index in [9.17, 15) is 18.7 Å². The Morgan fingerprint density at radius 2 is 1.53 bits per heavy atom. The van der Waals surface area contributed by atoms with Crippen LogP contribution in [-0.2, 0) is 19.6 Å². The second kappa shape index (κ2) is 9.79. The molecule has 2 aromatic heterocycles. The third-order valence-corrected chi connectivity index (χ3v) is 7.17. The molecule has 1 atom stereocenters. The van der Waals surface area contributed by atoms with Gasteiger partial charge in [0.2, 0.25) is 5.43 Å². The van der Waals surface area contributed by atoms with Crippen molar-refractivity contribution in [3.8, 4) is 11.5 Å². The van der Waals surface area contributed by atoms with Gasteiger partial charge in [-0.15, -0.1) is 0 Å². The van der Waals surface area contributed by atoms with Gasteiger partial charge in [0.05, 0.1) is 30.7 Å². The molecule has 0 saturated carbocycles. The molecule has 1 aliphatic rings. The molecule has 3 heterocycles. The number of hydrogen-bond donors (Lipinski definition) is 1. The van der Waals surface area contributed by atoms with Gasteiger partial charge in [-0.25, -0.2) is 13.8 Å². The number of aliphatic hydroxyl groups is 1. The Hall–Kier alpha value is -4.43. The Kier molecular flexibility index (Phi) is 6.17. The van der Waals surface area contributed by atoms with Crippen LogP contribution in [0.4, 0.5) is 8.78 Å². The molecular weight excluding hydrogens is 486 g/mol. The maximum atomic E-state index is 13.9. The first-order valence-corrected chi connectivity index (χ1v) is 12.3. The zero-order valence-corrected chi connectivity index (χ0v) is 20.3. The third kappa shape index (κ3) is 4.22. The van der Waals surface area contributed by atoms with Crippen LogP contribution in [0.1, 0.15) is 39.9 Å². The maximum Gasteiger partial charge on any atom is 0.204 e. The molecule has 190 valence electrons. The van der Waals surface area contributed by atoms with Gasteiger partial charge in [-0.1, -0.05) is 54.6 Å². The molecule has 38 heavy (non-hydrogen) atoms. The van der Waals surface area contributed by atoms with Crippen molar-refractivity contribution >= 4 is 0 Å². The minimum atomic E-state index is -0.386. The summed E-state index contributed by atoms with van der Waals surface area (Å²) in [5.74, 6) is -0.529. The molecule has 0 aliphatic carbocycles. The molecular formula is C30H24F2N4O2. The van der Waals surface area contributed by atoms with Crippen LogP contribution in [-0.4, -0.2) is 24.4 Å². The van der Waals surface area contributed by atoms with Crippen LogP contribution in [0.15, 0.2) is 96.1 Å². The molecule has 0 fully saturated rings. The van der Waals surface area contributed by atoms with Gasteiger partial charge in [-0.2, -0.15) is 5.10 Å². The van der Waals surface area contributed by atoms with Crippen LogP contribution in [0.25, 0.3) is 11.5 Å². The van der Waals surface area contributed by atoms with Crippen LogP contribution in [0.5, 0.6) is 0 Å². The van der Waals surface area contributed by atoms with Crippen molar-refractivity contribution in [2.45, 2.75) is 31.5 Å². The smallest absolute Gasteiger partial charge is 0.204 e. The number of halogens is 2. The number of imidazole rings is 1. The lowest BCUT2D eigenvalue weighted by atomic mass is 9.83. The quantitative estimate of drug-likeness (QED) is 0.354. The molecule has 0 bridgehead atoms. The topological polar surface area (TPSA) is 72.9 Å². The van der Waals surface area contributed by atoms with Crippen molar-refractivity contribution in [2.75, 3.05) is 0 Å². The number of fused-ring (bicyclic) bond motifs is 3. The van der Waals surface area contributed by atoms with E-state index in [2.05, 4.69) is 10.1 Å². The van der Waals surface area contributed by atoms with Gasteiger partial charge in [-0.05, 0) is 41.0 Å². The molecule has 1 aliphatic heterocycles. The van der Waals surface area contributed by atoms with Gasteiger partial charge >= 0.3 is 0 Å². The summed E-state index contributed by atoms with van der Waals surface area (Å²) >= 11 is 0. The maximum absolute atomic E-state index is 13.9. The monoisotopic (exact) mass is 510 g/mol.